The molecule has 0 aromatic heterocycles. The van der Waals surface area contributed by atoms with Crippen molar-refractivity contribution in [1.29, 1.82) is 0 Å². The molecule has 0 fully saturated rings. The van der Waals surface area contributed by atoms with Crippen LogP contribution in [0.25, 0.3) is 0 Å². The Labute approximate surface area is 146 Å². The van der Waals surface area contributed by atoms with Gasteiger partial charge in [0.25, 0.3) is 5.91 Å². The smallest absolute Gasteiger partial charge is 0.261 e. The normalized spacial score (nSPS) is 11.8. The zero-order chi connectivity index (χ0) is 16.8. The van der Waals surface area contributed by atoms with Gasteiger partial charge in [-0.2, -0.15) is 0 Å². The van der Waals surface area contributed by atoms with E-state index in [0.29, 0.717) is 16.6 Å². The summed E-state index contributed by atoms with van der Waals surface area (Å²) in [6.45, 7) is 4.11. The predicted molar refractivity (Wildman–Crippen MR) is 94.2 cm³/mol. The van der Waals surface area contributed by atoms with E-state index in [1.54, 1.807) is 25.1 Å². The van der Waals surface area contributed by atoms with E-state index in [9.17, 15) is 4.79 Å². The van der Waals surface area contributed by atoms with Crippen molar-refractivity contribution in [2.75, 3.05) is 0 Å². The summed E-state index contributed by atoms with van der Waals surface area (Å²) in [5.41, 5.74) is 1.89. The highest BCUT2D eigenvalue weighted by Gasteiger charge is 2.16. The van der Waals surface area contributed by atoms with Gasteiger partial charge in [0.05, 0.1) is 0 Å². The van der Waals surface area contributed by atoms with Crippen molar-refractivity contribution in [2.45, 2.75) is 32.9 Å². The van der Waals surface area contributed by atoms with Gasteiger partial charge in [0, 0.05) is 16.6 Å². The molecule has 1 N–H and O–H groups in total. The summed E-state index contributed by atoms with van der Waals surface area (Å²) in [6, 6.07) is 12.9. The summed E-state index contributed by atoms with van der Waals surface area (Å²) in [5, 5.41) is 3.92. The fraction of sp³-hybridized carbons (Fsp3) is 0.278. The number of ether oxygens (including phenoxy) is 1. The van der Waals surface area contributed by atoms with Gasteiger partial charge in [-0.25, -0.2) is 0 Å². The van der Waals surface area contributed by atoms with Gasteiger partial charge in [0.1, 0.15) is 5.75 Å². The van der Waals surface area contributed by atoms with E-state index < -0.39 is 6.10 Å². The monoisotopic (exact) mass is 351 g/mol. The highest BCUT2D eigenvalue weighted by Crippen LogP contribution is 2.21. The van der Waals surface area contributed by atoms with E-state index in [0.717, 1.165) is 23.3 Å². The molecule has 0 bridgehead atoms. The van der Waals surface area contributed by atoms with Gasteiger partial charge in [-0.3, -0.25) is 4.79 Å². The number of benzene rings is 2. The largest absolute Gasteiger partial charge is 0.481 e. The molecule has 0 aliphatic carbocycles. The molecule has 1 amide bonds. The van der Waals surface area contributed by atoms with Crippen LogP contribution in [0.5, 0.6) is 5.75 Å². The van der Waals surface area contributed by atoms with E-state index >= 15 is 0 Å². The van der Waals surface area contributed by atoms with Crippen molar-refractivity contribution >= 4 is 29.1 Å². The van der Waals surface area contributed by atoms with Gasteiger partial charge in [-0.05, 0) is 42.7 Å². The molecule has 2 aromatic rings. The van der Waals surface area contributed by atoms with E-state index in [-0.39, 0.29) is 5.91 Å². The summed E-state index contributed by atoms with van der Waals surface area (Å²) in [4.78, 5) is 12.2. The number of carbonyl (C=O) groups is 1. The molecule has 0 aliphatic heterocycles. The number of carbonyl (C=O) groups excluding carboxylic acids is 1. The quantitative estimate of drug-likeness (QED) is 0.823. The summed E-state index contributed by atoms with van der Waals surface area (Å²) in [5.74, 6) is 0.545. The Morgan fingerprint density at radius 2 is 1.91 bits per heavy atom. The lowest BCUT2D eigenvalue weighted by Crippen LogP contribution is -2.36. The number of para-hydroxylation sites is 1. The first-order chi connectivity index (χ1) is 11.0. The zero-order valence-electron chi connectivity index (χ0n) is 13.1. The number of aryl methyl sites for hydroxylation is 1. The minimum Gasteiger partial charge on any atom is -0.481 e. The maximum Gasteiger partial charge on any atom is 0.261 e. The summed E-state index contributed by atoms with van der Waals surface area (Å²) in [6.07, 6.45) is 0.263. The van der Waals surface area contributed by atoms with Gasteiger partial charge >= 0.3 is 0 Å². The Morgan fingerprint density at radius 3 is 2.61 bits per heavy atom. The third-order valence-corrected chi connectivity index (χ3v) is 4.08. The van der Waals surface area contributed by atoms with Crippen molar-refractivity contribution in [3.63, 3.8) is 0 Å². The van der Waals surface area contributed by atoms with Crippen molar-refractivity contribution in [2.24, 2.45) is 0 Å². The molecule has 0 radical (unpaired) electrons. The van der Waals surface area contributed by atoms with Crippen LogP contribution in [0.2, 0.25) is 10.0 Å². The molecule has 0 saturated heterocycles. The molecule has 0 saturated carbocycles. The van der Waals surface area contributed by atoms with Crippen LogP contribution in [0.3, 0.4) is 0 Å². The number of rotatable bonds is 6. The number of hydrogen-bond donors (Lipinski definition) is 1. The lowest BCUT2D eigenvalue weighted by atomic mass is 10.1. The first kappa shape index (κ1) is 17.6. The third kappa shape index (κ3) is 4.88. The molecule has 5 heteroatoms. The molecule has 0 heterocycles. The molecule has 3 nitrogen and oxygen atoms in total. The minimum absolute atomic E-state index is 0.193. The van der Waals surface area contributed by atoms with Crippen LogP contribution in [-0.4, -0.2) is 12.0 Å². The maximum absolute atomic E-state index is 12.2. The van der Waals surface area contributed by atoms with Crippen LogP contribution in [0.4, 0.5) is 0 Å². The van der Waals surface area contributed by atoms with Gasteiger partial charge < -0.3 is 10.1 Å². The highest BCUT2D eigenvalue weighted by molar-refractivity contribution is 6.35. The maximum atomic E-state index is 12.2. The summed E-state index contributed by atoms with van der Waals surface area (Å²) in [7, 11) is 0. The zero-order valence-corrected chi connectivity index (χ0v) is 14.6. The molecular weight excluding hydrogens is 333 g/mol. The summed E-state index contributed by atoms with van der Waals surface area (Å²) >= 11 is 12.0. The van der Waals surface area contributed by atoms with Crippen LogP contribution >= 0.6 is 23.2 Å². The van der Waals surface area contributed by atoms with Crippen LogP contribution < -0.4 is 10.1 Å². The van der Waals surface area contributed by atoms with E-state index in [2.05, 4.69) is 12.2 Å². The fourth-order valence-corrected chi connectivity index (χ4v) is 2.62. The molecule has 0 aliphatic rings. The standard InChI is InChI=1S/C18H19Cl2NO2/c1-3-13-6-4-5-7-17(13)23-12(2)18(22)21-11-14-8-9-15(19)10-16(14)20/h4-10,12H,3,11H2,1-2H3,(H,21,22). The molecule has 1 unspecified atom stereocenters. The molecule has 2 aromatic carbocycles. The first-order valence-electron chi connectivity index (χ1n) is 7.47. The molecule has 1 atom stereocenters. The van der Waals surface area contributed by atoms with Crippen LogP contribution in [-0.2, 0) is 17.8 Å². The Bertz CT molecular complexity index is 688. The number of amides is 1. The topological polar surface area (TPSA) is 38.3 Å². The average Bonchev–Trinajstić information content (AvgIpc) is 2.54. The van der Waals surface area contributed by atoms with Crippen LogP contribution in [0.1, 0.15) is 25.0 Å². The van der Waals surface area contributed by atoms with Gasteiger partial charge in [0.2, 0.25) is 0 Å². The van der Waals surface area contributed by atoms with Crippen molar-refractivity contribution in [3.05, 3.63) is 63.6 Å². The van der Waals surface area contributed by atoms with Crippen molar-refractivity contribution in [1.82, 2.24) is 5.32 Å². The number of nitrogens with one attached hydrogen (secondary N) is 1. The Kier molecular flexibility index (Phi) is 6.31. The Morgan fingerprint density at radius 1 is 1.17 bits per heavy atom. The van der Waals surface area contributed by atoms with Gasteiger partial charge in [0.15, 0.2) is 6.10 Å². The van der Waals surface area contributed by atoms with Crippen molar-refractivity contribution in [3.8, 4) is 5.75 Å². The minimum atomic E-state index is -0.589. The van der Waals surface area contributed by atoms with Gasteiger partial charge in [-0.1, -0.05) is 54.4 Å². The van der Waals surface area contributed by atoms with Crippen LogP contribution in [0, 0.1) is 0 Å². The molecule has 23 heavy (non-hydrogen) atoms. The number of hydrogen-bond acceptors (Lipinski definition) is 2. The van der Waals surface area contributed by atoms with E-state index in [1.807, 2.05) is 24.3 Å². The predicted octanol–water partition coefficient (Wildman–Crippen LogP) is 4.64. The highest BCUT2D eigenvalue weighted by atomic mass is 35.5. The molecular formula is C18H19Cl2NO2. The molecule has 0 spiro atoms. The molecule has 122 valence electrons. The molecule has 2 rings (SSSR count). The Hall–Kier alpha value is -1.71. The second-order valence-corrected chi connectivity index (χ2v) is 6.02. The van der Waals surface area contributed by atoms with E-state index in [1.165, 1.54) is 0 Å². The lowest BCUT2D eigenvalue weighted by Gasteiger charge is -2.17. The Balaban J connectivity index is 1.95. The summed E-state index contributed by atoms with van der Waals surface area (Å²) < 4.78 is 5.77. The third-order valence-electron chi connectivity index (χ3n) is 3.49. The fourth-order valence-electron chi connectivity index (χ4n) is 2.15. The first-order valence-corrected chi connectivity index (χ1v) is 8.23. The second-order valence-electron chi connectivity index (χ2n) is 5.17. The van der Waals surface area contributed by atoms with Crippen molar-refractivity contribution < 1.29 is 9.53 Å². The SMILES string of the molecule is CCc1ccccc1OC(C)C(=O)NCc1ccc(Cl)cc1Cl. The van der Waals surface area contributed by atoms with Crippen LogP contribution in [0.15, 0.2) is 42.5 Å². The van der Waals surface area contributed by atoms with E-state index in [4.69, 9.17) is 27.9 Å². The average molecular weight is 352 g/mol. The number of halogens is 2. The van der Waals surface area contributed by atoms with Gasteiger partial charge in [-0.15, -0.1) is 0 Å². The lowest BCUT2D eigenvalue weighted by molar-refractivity contribution is -0.127. The second kappa shape index (κ2) is 8.23.